The monoisotopic (exact) mass is 445 g/mol. The molecule has 0 bridgehead atoms. The molecule has 0 atom stereocenters. The molecule has 10 heteroatoms. The van der Waals surface area contributed by atoms with Crippen LogP contribution in [0.5, 0.6) is 0 Å². The van der Waals surface area contributed by atoms with Crippen LogP contribution in [0.3, 0.4) is 0 Å². The number of sulfonamides is 1. The van der Waals surface area contributed by atoms with Crippen LogP contribution in [0.4, 0.5) is 4.39 Å². The summed E-state index contributed by atoms with van der Waals surface area (Å²) in [7, 11) is -3.73. The number of aryl methyl sites for hydroxylation is 2. The molecule has 0 N–H and O–H groups in total. The summed E-state index contributed by atoms with van der Waals surface area (Å²) in [6.07, 6.45) is 0. The molecule has 140 valence electrons. The number of hydrogen-bond acceptors (Lipinski definition) is 5. The van der Waals surface area contributed by atoms with Crippen LogP contribution in [0.15, 0.2) is 32.1 Å². The summed E-state index contributed by atoms with van der Waals surface area (Å²) in [5, 5.41) is 3.70. The van der Waals surface area contributed by atoms with Gasteiger partial charge in [-0.2, -0.15) is 4.31 Å². The Morgan fingerprint density at radius 3 is 2.42 bits per heavy atom. The molecule has 2 aromatic rings. The van der Waals surface area contributed by atoms with E-state index < -0.39 is 15.8 Å². The van der Waals surface area contributed by atoms with Crippen molar-refractivity contribution >= 4 is 31.9 Å². The van der Waals surface area contributed by atoms with Gasteiger partial charge in [0.05, 0.1) is 5.56 Å². The lowest BCUT2D eigenvalue weighted by Gasteiger charge is -2.34. The van der Waals surface area contributed by atoms with Crippen LogP contribution in [-0.4, -0.2) is 54.9 Å². The molecule has 1 amide bonds. The zero-order valence-electron chi connectivity index (χ0n) is 14.2. The van der Waals surface area contributed by atoms with Crippen LogP contribution in [0.1, 0.15) is 21.8 Å². The van der Waals surface area contributed by atoms with Crippen LogP contribution in [0, 0.1) is 19.7 Å². The smallest absolute Gasteiger partial charge is 0.255 e. The Morgan fingerprint density at radius 2 is 1.88 bits per heavy atom. The van der Waals surface area contributed by atoms with Gasteiger partial charge < -0.3 is 9.42 Å². The van der Waals surface area contributed by atoms with Crippen molar-refractivity contribution in [3.8, 4) is 0 Å². The molecule has 7 nitrogen and oxygen atoms in total. The first-order valence-corrected chi connectivity index (χ1v) is 10.1. The first-order valence-electron chi connectivity index (χ1n) is 7.89. The van der Waals surface area contributed by atoms with E-state index in [2.05, 4.69) is 21.1 Å². The van der Waals surface area contributed by atoms with E-state index in [1.165, 1.54) is 22.5 Å². The van der Waals surface area contributed by atoms with Gasteiger partial charge in [-0.15, -0.1) is 0 Å². The average molecular weight is 446 g/mol. The van der Waals surface area contributed by atoms with Gasteiger partial charge in [0.15, 0.2) is 5.76 Å². The maximum atomic E-state index is 13.2. The Balaban J connectivity index is 1.74. The highest BCUT2D eigenvalue weighted by Gasteiger charge is 2.34. The van der Waals surface area contributed by atoms with Crippen molar-refractivity contribution in [3.63, 3.8) is 0 Å². The lowest BCUT2D eigenvalue weighted by Crippen LogP contribution is -2.50. The second-order valence-corrected chi connectivity index (χ2v) is 8.70. The van der Waals surface area contributed by atoms with Crippen LogP contribution in [0.25, 0.3) is 0 Å². The van der Waals surface area contributed by atoms with Crippen molar-refractivity contribution in [1.82, 2.24) is 14.4 Å². The number of halogens is 2. The fourth-order valence-electron chi connectivity index (χ4n) is 2.94. The van der Waals surface area contributed by atoms with Crippen LogP contribution in [-0.2, 0) is 10.0 Å². The molecule has 0 spiro atoms. The second-order valence-electron chi connectivity index (χ2n) is 5.97. The normalized spacial score (nSPS) is 16.1. The van der Waals surface area contributed by atoms with Crippen molar-refractivity contribution in [2.24, 2.45) is 0 Å². The summed E-state index contributed by atoms with van der Waals surface area (Å²) in [6, 6.07) is 3.86. The number of rotatable bonds is 3. The summed E-state index contributed by atoms with van der Waals surface area (Å²) in [4.78, 5) is 14.2. The Hall–Kier alpha value is -1.78. The van der Waals surface area contributed by atoms with Gasteiger partial charge in [0.2, 0.25) is 10.0 Å². The molecule has 2 heterocycles. The first-order chi connectivity index (χ1) is 12.2. The maximum Gasteiger partial charge on any atom is 0.255 e. The molecule has 26 heavy (non-hydrogen) atoms. The van der Waals surface area contributed by atoms with Crippen molar-refractivity contribution in [2.45, 2.75) is 18.7 Å². The van der Waals surface area contributed by atoms with E-state index >= 15 is 0 Å². The zero-order chi connectivity index (χ0) is 19.1. The third-order valence-electron chi connectivity index (χ3n) is 4.25. The lowest BCUT2D eigenvalue weighted by atomic mass is 10.2. The number of aromatic nitrogens is 1. The largest absolute Gasteiger partial charge is 0.360 e. The SMILES string of the molecule is Cc1noc(C)c1S(=O)(=O)N1CCN(C(=O)c2ccc(F)cc2Br)CC1. The van der Waals surface area contributed by atoms with Gasteiger partial charge in [0.25, 0.3) is 5.91 Å². The summed E-state index contributed by atoms with van der Waals surface area (Å²) in [5.74, 6) is -0.466. The predicted molar refractivity (Wildman–Crippen MR) is 94.7 cm³/mol. The number of carbonyl (C=O) groups excluding carboxylic acids is 1. The molecule has 1 aliphatic rings. The van der Waals surface area contributed by atoms with E-state index in [1.807, 2.05) is 0 Å². The molecule has 0 saturated carbocycles. The lowest BCUT2D eigenvalue weighted by molar-refractivity contribution is 0.0697. The number of hydrogen-bond donors (Lipinski definition) is 0. The molecule has 1 fully saturated rings. The highest BCUT2D eigenvalue weighted by Crippen LogP contribution is 2.25. The van der Waals surface area contributed by atoms with Crippen LogP contribution < -0.4 is 0 Å². The van der Waals surface area contributed by atoms with E-state index in [-0.39, 0.29) is 42.7 Å². The molecular formula is C16H17BrFN3O4S. The molecule has 0 unspecified atom stereocenters. The third kappa shape index (κ3) is 3.40. The molecule has 3 rings (SSSR count). The third-order valence-corrected chi connectivity index (χ3v) is 7.05. The molecule has 0 radical (unpaired) electrons. The minimum atomic E-state index is -3.73. The van der Waals surface area contributed by atoms with Gasteiger partial charge in [0.1, 0.15) is 16.4 Å². The van der Waals surface area contributed by atoms with Gasteiger partial charge >= 0.3 is 0 Å². The first kappa shape index (κ1) is 19.0. The van der Waals surface area contributed by atoms with E-state index in [4.69, 9.17) is 4.52 Å². The quantitative estimate of drug-likeness (QED) is 0.723. The highest BCUT2D eigenvalue weighted by atomic mass is 79.9. The summed E-state index contributed by atoms with van der Waals surface area (Å²) >= 11 is 3.19. The van der Waals surface area contributed by atoms with Crippen molar-refractivity contribution in [3.05, 3.63) is 45.5 Å². The van der Waals surface area contributed by atoms with Crippen molar-refractivity contribution in [1.29, 1.82) is 0 Å². The van der Waals surface area contributed by atoms with Crippen molar-refractivity contribution < 1.29 is 22.1 Å². The van der Waals surface area contributed by atoms with Gasteiger partial charge in [-0.1, -0.05) is 5.16 Å². The topological polar surface area (TPSA) is 83.7 Å². The molecule has 1 aromatic carbocycles. The van der Waals surface area contributed by atoms with E-state index in [9.17, 15) is 17.6 Å². The molecule has 1 saturated heterocycles. The Bertz CT molecular complexity index is 933. The number of benzene rings is 1. The summed E-state index contributed by atoms with van der Waals surface area (Å²) < 4.78 is 45.4. The molecule has 0 aliphatic carbocycles. The fraction of sp³-hybridized carbons (Fsp3) is 0.375. The maximum absolute atomic E-state index is 13.2. The van der Waals surface area contributed by atoms with E-state index in [0.29, 0.717) is 15.7 Å². The van der Waals surface area contributed by atoms with Crippen LogP contribution >= 0.6 is 15.9 Å². The minimum absolute atomic E-state index is 0.0820. The number of amides is 1. The van der Waals surface area contributed by atoms with Crippen LogP contribution in [0.2, 0.25) is 0 Å². The van der Waals surface area contributed by atoms with Gasteiger partial charge in [-0.3, -0.25) is 4.79 Å². The number of carbonyl (C=O) groups is 1. The standard InChI is InChI=1S/C16H17BrFN3O4S/c1-10-15(11(2)25-19-10)26(23,24)21-7-5-20(6-8-21)16(22)13-4-3-12(18)9-14(13)17/h3-4,9H,5-8H2,1-2H3. The van der Waals surface area contributed by atoms with E-state index in [0.717, 1.165) is 0 Å². The Kier molecular flexibility index (Phi) is 5.18. The summed E-state index contributed by atoms with van der Waals surface area (Å²) in [6.45, 7) is 3.94. The summed E-state index contributed by atoms with van der Waals surface area (Å²) in [5.41, 5.74) is 0.657. The van der Waals surface area contributed by atoms with Crippen molar-refractivity contribution in [2.75, 3.05) is 26.2 Å². The average Bonchev–Trinajstić information content (AvgIpc) is 2.93. The Labute approximate surface area is 158 Å². The zero-order valence-corrected chi connectivity index (χ0v) is 16.6. The van der Waals surface area contributed by atoms with E-state index in [1.54, 1.807) is 18.7 Å². The number of piperazine rings is 1. The molecule has 1 aliphatic heterocycles. The minimum Gasteiger partial charge on any atom is -0.360 e. The number of nitrogens with zero attached hydrogens (tertiary/aromatic N) is 3. The fourth-order valence-corrected chi connectivity index (χ4v) is 5.17. The second kappa shape index (κ2) is 7.09. The van der Waals surface area contributed by atoms with Gasteiger partial charge in [0, 0.05) is 30.7 Å². The molecular weight excluding hydrogens is 429 g/mol. The van der Waals surface area contributed by atoms with Gasteiger partial charge in [-0.05, 0) is 48.0 Å². The highest BCUT2D eigenvalue weighted by molar-refractivity contribution is 9.10. The van der Waals surface area contributed by atoms with Gasteiger partial charge in [-0.25, -0.2) is 12.8 Å². The predicted octanol–water partition coefficient (Wildman–Crippen LogP) is 2.34. The Morgan fingerprint density at radius 1 is 1.23 bits per heavy atom. The molecule has 1 aromatic heterocycles.